The highest BCUT2D eigenvalue weighted by Crippen LogP contribution is 2.25. The Labute approximate surface area is 157 Å². The molecule has 1 aromatic heterocycles. The van der Waals surface area contributed by atoms with E-state index in [0.717, 1.165) is 4.88 Å². The van der Waals surface area contributed by atoms with Gasteiger partial charge in [-0.25, -0.2) is 0 Å². The topological polar surface area (TPSA) is 43.6 Å². The van der Waals surface area contributed by atoms with Crippen LogP contribution in [0, 0.1) is 12.3 Å². The number of aryl methyl sites for hydroxylation is 1. The van der Waals surface area contributed by atoms with E-state index in [1.54, 1.807) is 18.2 Å². The summed E-state index contributed by atoms with van der Waals surface area (Å²) in [6.45, 7) is 6.98. The number of carbonyl (C=O) groups is 1. The smallest absolute Gasteiger partial charge is 0.283 e. The number of ether oxygens (including phenoxy) is 1. The molecule has 0 spiro atoms. The monoisotopic (exact) mass is 376 g/mol. The molecule has 0 unspecified atom stereocenters. The van der Waals surface area contributed by atoms with Gasteiger partial charge < -0.3 is 9.30 Å². The number of halogens is 1. The van der Waals surface area contributed by atoms with Crippen molar-refractivity contribution in [2.24, 2.45) is 4.99 Å². The second-order valence-electron chi connectivity index (χ2n) is 6.54. The van der Waals surface area contributed by atoms with E-state index in [9.17, 15) is 4.79 Å². The molecule has 1 amide bonds. The fourth-order valence-corrected chi connectivity index (χ4v) is 3.40. The third kappa shape index (κ3) is 4.75. The largest absolute Gasteiger partial charge is 0.496 e. The first-order chi connectivity index (χ1) is 11.8. The van der Waals surface area contributed by atoms with Gasteiger partial charge >= 0.3 is 0 Å². The van der Waals surface area contributed by atoms with Crippen LogP contribution < -0.4 is 9.54 Å². The first-order valence-corrected chi connectivity index (χ1v) is 9.02. The van der Waals surface area contributed by atoms with Crippen molar-refractivity contribution in [2.45, 2.75) is 39.2 Å². The lowest BCUT2D eigenvalue weighted by atomic mass is 9.95. The Hall–Kier alpha value is -2.03. The van der Waals surface area contributed by atoms with Crippen LogP contribution in [-0.2, 0) is 12.0 Å². The summed E-state index contributed by atoms with van der Waals surface area (Å²) in [6.07, 6.45) is 7.97. The number of terminal acetylenes is 1. The number of hydrogen-bond acceptors (Lipinski definition) is 3. The minimum atomic E-state index is -0.392. The van der Waals surface area contributed by atoms with Crippen LogP contribution in [-0.4, -0.2) is 17.6 Å². The third-order valence-electron chi connectivity index (χ3n) is 3.55. The van der Waals surface area contributed by atoms with Crippen LogP contribution >= 0.6 is 22.9 Å². The highest BCUT2D eigenvalue weighted by atomic mass is 35.5. The Morgan fingerprint density at radius 1 is 1.44 bits per heavy atom. The zero-order valence-corrected chi connectivity index (χ0v) is 16.4. The fraction of sp³-hybridized carbons (Fsp3) is 0.368. The maximum atomic E-state index is 12.7. The number of rotatable bonds is 4. The van der Waals surface area contributed by atoms with Gasteiger partial charge in [0.1, 0.15) is 5.75 Å². The lowest BCUT2D eigenvalue weighted by Gasteiger charge is -2.14. The van der Waals surface area contributed by atoms with Crippen molar-refractivity contribution in [1.29, 1.82) is 0 Å². The van der Waals surface area contributed by atoms with E-state index >= 15 is 0 Å². The molecule has 0 fully saturated rings. The van der Waals surface area contributed by atoms with E-state index in [1.807, 2.05) is 10.8 Å². The molecule has 4 nitrogen and oxygen atoms in total. The van der Waals surface area contributed by atoms with Gasteiger partial charge in [0.05, 0.1) is 12.7 Å². The molecular weight excluding hydrogens is 356 g/mol. The standard InChI is InChI=1S/C19H21ClN2O2S/c1-6-7-10-22-12-16(19(2,3)4)25-18(22)21-17(23)14-11-13(20)8-9-15(14)24-5/h1,8-9,11-12H,7,10H2,2-5H3. The van der Waals surface area contributed by atoms with Gasteiger partial charge in [-0.1, -0.05) is 32.4 Å². The molecule has 0 aliphatic carbocycles. The molecule has 1 heterocycles. The van der Waals surface area contributed by atoms with Crippen molar-refractivity contribution in [2.75, 3.05) is 7.11 Å². The van der Waals surface area contributed by atoms with Crippen LogP contribution in [0.4, 0.5) is 0 Å². The van der Waals surface area contributed by atoms with E-state index in [2.05, 4.69) is 31.7 Å². The Balaban J connectivity index is 2.52. The molecule has 0 saturated heterocycles. The lowest BCUT2D eigenvalue weighted by Crippen LogP contribution is -2.16. The first kappa shape index (κ1) is 19.3. The molecule has 0 bridgehead atoms. The number of amides is 1. The summed E-state index contributed by atoms with van der Waals surface area (Å²) in [7, 11) is 1.51. The SMILES string of the molecule is C#CCCn1cc(C(C)(C)C)sc1=NC(=O)c1cc(Cl)ccc1OC. The summed E-state index contributed by atoms with van der Waals surface area (Å²) in [4.78, 5) is 18.7. The third-order valence-corrected chi connectivity index (χ3v) is 5.23. The molecular formula is C19H21ClN2O2S. The summed E-state index contributed by atoms with van der Waals surface area (Å²) in [6, 6.07) is 4.90. The van der Waals surface area contributed by atoms with Gasteiger partial charge in [-0.3, -0.25) is 4.79 Å². The highest BCUT2D eigenvalue weighted by Gasteiger charge is 2.19. The number of benzene rings is 1. The van der Waals surface area contributed by atoms with E-state index in [1.165, 1.54) is 18.4 Å². The molecule has 0 aliphatic heterocycles. The summed E-state index contributed by atoms with van der Waals surface area (Å²) in [5.41, 5.74) is 0.303. The van der Waals surface area contributed by atoms with Crippen molar-refractivity contribution >= 4 is 28.8 Å². The summed E-state index contributed by atoms with van der Waals surface area (Å²) in [5.74, 6) is 2.67. The van der Waals surface area contributed by atoms with Crippen molar-refractivity contribution < 1.29 is 9.53 Å². The molecule has 132 valence electrons. The minimum absolute atomic E-state index is 0.0346. The highest BCUT2D eigenvalue weighted by molar-refractivity contribution is 7.09. The van der Waals surface area contributed by atoms with Crippen molar-refractivity contribution in [1.82, 2.24) is 4.57 Å². The normalized spacial score (nSPS) is 12.1. The van der Waals surface area contributed by atoms with Crippen molar-refractivity contribution in [3.63, 3.8) is 0 Å². The molecule has 0 atom stereocenters. The average Bonchev–Trinajstić information content (AvgIpc) is 2.95. The van der Waals surface area contributed by atoms with Crippen molar-refractivity contribution in [3.8, 4) is 18.1 Å². The Bertz CT molecular complexity index is 882. The van der Waals surface area contributed by atoms with Crippen LogP contribution in [0.3, 0.4) is 0 Å². The number of nitrogens with zero attached hydrogens (tertiary/aromatic N) is 2. The zero-order chi connectivity index (χ0) is 18.6. The van der Waals surface area contributed by atoms with Crippen LogP contribution in [0.1, 0.15) is 42.4 Å². The van der Waals surface area contributed by atoms with Crippen LogP contribution in [0.15, 0.2) is 29.4 Å². The molecule has 6 heteroatoms. The number of thiazole rings is 1. The Morgan fingerprint density at radius 2 is 2.16 bits per heavy atom. The van der Waals surface area contributed by atoms with Gasteiger partial charge in [-0.05, 0) is 23.6 Å². The molecule has 0 radical (unpaired) electrons. The number of hydrogen-bond donors (Lipinski definition) is 0. The van der Waals surface area contributed by atoms with Gasteiger partial charge in [0, 0.05) is 29.1 Å². The predicted molar refractivity (Wildman–Crippen MR) is 102 cm³/mol. The van der Waals surface area contributed by atoms with E-state index < -0.39 is 5.91 Å². The van der Waals surface area contributed by atoms with Gasteiger partial charge in [-0.2, -0.15) is 4.99 Å². The molecule has 0 N–H and O–H groups in total. The second-order valence-corrected chi connectivity index (χ2v) is 7.98. The second kappa shape index (κ2) is 7.90. The minimum Gasteiger partial charge on any atom is -0.496 e. The molecule has 0 saturated carbocycles. The average molecular weight is 377 g/mol. The summed E-state index contributed by atoms with van der Waals surface area (Å²) < 4.78 is 7.17. The van der Waals surface area contributed by atoms with Gasteiger partial charge in [-0.15, -0.1) is 23.7 Å². The molecule has 2 aromatic rings. The zero-order valence-electron chi connectivity index (χ0n) is 14.8. The quantitative estimate of drug-likeness (QED) is 0.748. The lowest BCUT2D eigenvalue weighted by molar-refractivity contribution is 0.0995. The number of aromatic nitrogens is 1. The summed E-state index contributed by atoms with van der Waals surface area (Å²) >= 11 is 7.50. The molecule has 1 aromatic carbocycles. The summed E-state index contributed by atoms with van der Waals surface area (Å²) in [5, 5.41) is 0.459. The predicted octanol–water partition coefficient (Wildman–Crippen LogP) is 4.27. The molecule has 2 rings (SSSR count). The Morgan fingerprint density at radius 3 is 2.76 bits per heavy atom. The molecule has 25 heavy (non-hydrogen) atoms. The van der Waals surface area contributed by atoms with Crippen LogP contribution in [0.2, 0.25) is 5.02 Å². The van der Waals surface area contributed by atoms with Crippen LogP contribution in [0.25, 0.3) is 0 Å². The van der Waals surface area contributed by atoms with E-state index in [0.29, 0.717) is 34.1 Å². The maximum absolute atomic E-state index is 12.7. The van der Waals surface area contributed by atoms with E-state index in [4.69, 9.17) is 22.8 Å². The van der Waals surface area contributed by atoms with Gasteiger partial charge in [0.2, 0.25) is 0 Å². The fourth-order valence-electron chi connectivity index (χ4n) is 2.15. The number of carbonyl (C=O) groups excluding carboxylic acids is 1. The number of methoxy groups -OCH3 is 1. The van der Waals surface area contributed by atoms with E-state index in [-0.39, 0.29) is 5.41 Å². The maximum Gasteiger partial charge on any atom is 0.283 e. The van der Waals surface area contributed by atoms with Crippen molar-refractivity contribution in [3.05, 3.63) is 44.7 Å². The Kier molecular flexibility index (Phi) is 6.10. The van der Waals surface area contributed by atoms with Gasteiger partial charge in [0.15, 0.2) is 4.80 Å². The first-order valence-electron chi connectivity index (χ1n) is 7.83. The van der Waals surface area contributed by atoms with Gasteiger partial charge in [0.25, 0.3) is 5.91 Å². The molecule has 0 aliphatic rings. The van der Waals surface area contributed by atoms with Crippen LogP contribution in [0.5, 0.6) is 5.75 Å².